The summed E-state index contributed by atoms with van der Waals surface area (Å²) < 4.78 is 25.1. The lowest BCUT2D eigenvalue weighted by atomic mass is 9.77. The van der Waals surface area contributed by atoms with Gasteiger partial charge in [0.1, 0.15) is 24.0 Å². The second kappa shape index (κ2) is 18.7. The number of esters is 3. The fourth-order valence-electron chi connectivity index (χ4n) is 8.37. The number of carbonyl (C=O) groups excluding carboxylic acids is 3. The smallest absolute Gasteiger partial charge is 0.344 e. The SMILES string of the molecule is COc1ccc(C(Nc2nc(OC(=O)c3ccccc3)c3ncn([C@H]4C[C@H](OC(=O)c5ccccc5)[C@@H](COC(=O)c5ccccc5)[C@@H]4O)c3n2)(c2ccccc2)c2ccccc2)cc1. The molecule has 0 bridgehead atoms. The number of nitrogens with zero attached hydrogens (tertiary/aromatic N) is 4. The summed E-state index contributed by atoms with van der Waals surface area (Å²) in [5.74, 6) is -2.13. The highest BCUT2D eigenvalue weighted by molar-refractivity contribution is 5.93. The molecule has 8 aromatic rings. The number of carbonyl (C=O) groups is 3. The van der Waals surface area contributed by atoms with Crippen LogP contribution in [0.15, 0.2) is 182 Å². The number of methoxy groups -OCH3 is 1. The number of hydrogen-bond donors (Lipinski definition) is 2. The number of hydrogen-bond acceptors (Lipinski definition) is 12. The van der Waals surface area contributed by atoms with Crippen LogP contribution in [0.1, 0.15) is 60.2 Å². The molecule has 4 atom stereocenters. The molecule has 0 spiro atoms. The summed E-state index contributed by atoms with van der Waals surface area (Å²) in [4.78, 5) is 55.0. The number of ether oxygens (including phenoxy) is 4. The third kappa shape index (κ3) is 8.64. The predicted octanol–water partition coefficient (Wildman–Crippen LogP) is 8.46. The molecule has 2 heterocycles. The molecular formula is C52H43N5O8. The zero-order valence-electron chi connectivity index (χ0n) is 35.1. The van der Waals surface area contributed by atoms with Crippen molar-refractivity contribution in [3.63, 3.8) is 0 Å². The van der Waals surface area contributed by atoms with Crippen LogP contribution in [0.5, 0.6) is 11.6 Å². The van der Waals surface area contributed by atoms with Gasteiger partial charge in [0.05, 0.1) is 48.2 Å². The van der Waals surface area contributed by atoms with E-state index in [1.165, 1.54) is 6.33 Å². The van der Waals surface area contributed by atoms with Crippen molar-refractivity contribution >= 4 is 35.0 Å². The number of aliphatic hydroxyl groups excluding tert-OH is 1. The average Bonchev–Trinajstić information content (AvgIpc) is 3.93. The number of benzene rings is 6. The number of nitrogens with one attached hydrogen (secondary N) is 1. The number of anilines is 1. The molecule has 65 heavy (non-hydrogen) atoms. The fourth-order valence-corrected chi connectivity index (χ4v) is 8.37. The lowest BCUT2D eigenvalue weighted by Crippen LogP contribution is -2.39. The fraction of sp³-hybridized carbons (Fsp3) is 0.154. The van der Waals surface area contributed by atoms with E-state index in [1.54, 1.807) is 103 Å². The number of imidazole rings is 1. The van der Waals surface area contributed by atoms with Crippen LogP contribution in [-0.4, -0.2) is 68.5 Å². The summed E-state index contributed by atoms with van der Waals surface area (Å²) >= 11 is 0. The van der Waals surface area contributed by atoms with Crippen molar-refractivity contribution in [1.82, 2.24) is 19.5 Å². The van der Waals surface area contributed by atoms with Gasteiger partial charge in [0, 0.05) is 6.42 Å². The molecule has 6 aromatic carbocycles. The van der Waals surface area contributed by atoms with Crippen molar-refractivity contribution in [3.05, 3.63) is 216 Å². The quantitative estimate of drug-likeness (QED) is 0.0793. The van der Waals surface area contributed by atoms with E-state index in [-0.39, 0.29) is 41.6 Å². The van der Waals surface area contributed by atoms with Crippen LogP contribution in [-0.2, 0) is 15.0 Å². The molecule has 2 N–H and O–H groups in total. The minimum absolute atomic E-state index is 0.0616. The van der Waals surface area contributed by atoms with Crippen molar-refractivity contribution in [2.24, 2.45) is 5.92 Å². The van der Waals surface area contributed by atoms with E-state index in [9.17, 15) is 19.5 Å². The first-order valence-corrected chi connectivity index (χ1v) is 21.0. The van der Waals surface area contributed by atoms with Crippen LogP contribution < -0.4 is 14.8 Å². The number of rotatable bonds is 14. The van der Waals surface area contributed by atoms with Gasteiger partial charge >= 0.3 is 17.9 Å². The molecule has 0 saturated heterocycles. The monoisotopic (exact) mass is 865 g/mol. The van der Waals surface area contributed by atoms with Crippen LogP contribution in [0, 0.1) is 5.92 Å². The summed E-state index contributed by atoms with van der Waals surface area (Å²) in [5.41, 5.74) is 2.67. The predicted molar refractivity (Wildman–Crippen MR) is 242 cm³/mol. The van der Waals surface area contributed by atoms with Crippen LogP contribution >= 0.6 is 0 Å². The van der Waals surface area contributed by atoms with E-state index < -0.39 is 47.6 Å². The average molecular weight is 866 g/mol. The van der Waals surface area contributed by atoms with E-state index in [4.69, 9.17) is 28.9 Å². The second-order valence-corrected chi connectivity index (χ2v) is 15.5. The van der Waals surface area contributed by atoms with Crippen molar-refractivity contribution in [3.8, 4) is 11.6 Å². The normalized spacial score (nSPS) is 17.0. The molecule has 9 rings (SSSR count). The molecule has 0 unspecified atom stereocenters. The topological polar surface area (TPSA) is 164 Å². The molecule has 0 amide bonds. The van der Waals surface area contributed by atoms with Gasteiger partial charge in [-0.2, -0.15) is 9.97 Å². The highest BCUT2D eigenvalue weighted by Crippen LogP contribution is 2.43. The Hall–Kier alpha value is -8.16. The van der Waals surface area contributed by atoms with Gasteiger partial charge in [0.15, 0.2) is 11.2 Å². The van der Waals surface area contributed by atoms with Crippen molar-refractivity contribution in [2.45, 2.75) is 30.2 Å². The molecule has 1 saturated carbocycles. The van der Waals surface area contributed by atoms with Gasteiger partial charge in [-0.25, -0.2) is 19.4 Å². The lowest BCUT2D eigenvalue weighted by molar-refractivity contribution is -0.0170. The largest absolute Gasteiger partial charge is 0.497 e. The minimum Gasteiger partial charge on any atom is -0.497 e. The zero-order valence-corrected chi connectivity index (χ0v) is 35.1. The molecule has 0 aliphatic heterocycles. The molecule has 13 heteroatoms. The molecule has 2 aromatic heterocycles. The van der Waals surface area contributed by atoms with Gasteiger partial charge in [0.25, 0.3) is 5.88 Å². The van der Waals surface area contributed by atoms with E-state index in [1.807, 2.05) is 84.9 Å². The van der Waals surface area contributed by atoms with Gasteiger partial charge in [-0.05, 0) is 65.2 Å². The maximum absolute atomic E-state index is 13.7. The highest BCUT2D eigenvalue weighted by atomic mass is 16.6. The maximum Gasteiger partial charge on any atom is 0.344 e. The van der Waals surface area contributed by atoms with Crippen molar-refractivity contribution in [2.75, 3.05) is 19.0 Å². The van der Waals surface area contributed by atoms with E-state index >= 15 is 0 Å². The summed E-state index contributed by atoms with van der Waals surface area (Å²) in [6.07, 6.45) is -0.569. The van der Waals surface area contributed by atoms with Crippen LogP contribution in [0.3, 0.4) is 0 Å². The first-order chi connectivity index (χ1) is 31.8. The molecule has 324 valence electrons. The second-order valence-electron chi connectivity index (χ2n) is 15.5. The molecular weight excluding hydrogens is 823 g/mol. The van der Waals surface area contributed by atoms with Gasteiger partial charge in [-0.15, -0.1) is 0 Å². The van der Waals surface area contributed by atoms with Gasteiger partial charge in [0.2, 0.25) is 5.95 Å². The Morgan fingerprint density at radius 1 is 0.662 bits per heavy atom. The Morgan fingerprint density at radius 3 is 1.72 bits per heavy atom. The summed E-state index contributed by atoms with van der Waals surface area (Å²) in [6.45, 7) is -0.259. The number of aromatic nitrogens is 4. The molecule has 1 aliphatic carbocycles. The molecule has 0 radical (unpaired) electrons. The van der Waals surface area contributed by atoms with Gasteiger partial charge < -0.3 is 33.9 Å². The zero-order chi connectivity index (χ0) is 44.8. The molecule has 1 fully saturated rings. The van der Waals surface area contributed by atoms with Gasteiger partial charge in [-0.3, -0.25) is 0 Å². The van der Waals surface area contributed by atoms with E-state index in [0.717, 1.165) is 16.7 Å². The Balaban J connectivity index is 1.16. The molecule has 13 nitrogen and oxygen atoms in total. The minimum atomic E-state index is -1.24. The maximum atomic E-state index is 13.7. The lowest BCUT2D eigenvalue weighted by Gasteiger charge is -2.37. The van der Waals surface area contributed by atoms with E-state index in [0.29, 0.717) is 16.9 Å². The Kier molecular flexibility index (Phi) is 12.1. The van der Waals surface area contributed by atoms with Crippen molar-refractivity contribution < 1.29 is 38.4 Å². The first kappa shape index (κ1) is 42.2. The Labute approximate surface area is 374 Å². The third-order valence-corrected chi connectivity index (χ3v) is 11.7. The Bertz CT molecular complexity index is 2860. The van der Waals surface area contributed by atoms with Crippen LogP contribution in [0.2, 0.25) is 0 Å². The summed E-state index contributed by atoms with van der Waals surface area (Å²) in [6, 6.07) is 52.0. The number of fused-ring (bicyclic) bond motifs is 1. The summed E-state index contributed by atoms with van der Waals surface area (Å²) in [7, 11) is 1.61. The van der Waals surface area contributed by atoms with E-state index in [2.05, 4.69) is 10.3 Å². The third-order valence-electron chi connectivity index (χ3n) is 11.7. The molecule has 1 aliphatic rings. The standard InChI is InChI=1S/C52H43N5O8/c1-62-40-29-27-39(28-30-40)52(37-23-13-5-14-24-37,38-25-15-6-16-26-38)56-51-54-46-44(47(55-51)65-50(61)36-21-11-4-12-22-36)53-33-57(46)42-31-43(64-49(60)35-19-9-3-10-20-35)41(45(42)58)32-63-48(59)34-17-7-2-8-18-34/h2-30,33,41-43,45,58H,31-32H2,1H3,(H,54,55,56)/t41-,42+,43+,45+/m1/s1. The summed E-state index contributed by atoms with van der Waals surface area (Å²) in [5, 5.41) is 15.9. The van der Waals surface area contributed by atoms with Crippen LogP contribution in [0.25, 0.3) is 11.2 Å². The Morgan fingerprint density at radius 2 is 1.17 bits per heavy atom. The van der Waals surface area contributed by atoms with Gasteiger partial charge in [-0.1, -0.05) is 127 Å². The van der Waals surface area contributed by atoms with Crippen molar-refractivity contribution in [1.29, 1.82) is 0 Å². The highest BCUT2D eigenvalue weighted by Gasteiger charge is 2.47. The van der Waals surface area contributed by atoms with Crippen LogP contribution in [0.4, 0.5) is 5.95 Å². The first-order valence-electron chi connectivity index (χ1n) is 21.0. The number of aliphatic hydroxyl groups is 1.